The maximum absolute atomic E-state index is 12.4. The molecule has 4 N–H and O–H groups in total. The molecule has 112 valence electrons. The third-order valence-electron chi connectivity index (χ3n) is 4.37. The van der Waals surface area contributed by atoms with Crippen molar-refractivity contribution in [2.75, 3.05) is 26.0 Å². The molecule has 1 saturated carbocycles. The van der Waals surface area contributed by atoms with Gasteiger partial charge in [-0.3, -0.25) is 4.79 Å². The Kier molecular flexibility index (Phi) is 3.59. The zero-order valence-electron chi connectivity index (χ0n) is 12.2. The first-order valence-electron chi connectivity index (χ1n) is 7.27. The standard InChI is InChI=1S/C16H21N3O2/c1-21-7-6-16(4-5-16)10-19-15(20)13-9-18-14-3-2-11(17)8-12(13)14/h2-3,8-9,18H,4-7,10,17H2,1H3,(H,19,20). The van der Waals surface area contributed by atoms with E-state index in [2.05, 4.69) is 10.3 Å². The molecule has 0 bridgehead atoms. The number of benzene rings is 1. The molecular weight excluding hydrogens is 266 g/mol. The van der Waals surface area contributed by atoms with Crippen molar-refractivity contribution < 1.29 is 9.53 Å². The van der Waals surface area contributed by atoms with Crippen molar-refractivity contribution in [3.8, 4) is 0 Å². The Labute approximate surface area is 123 Å². The van der Waals surface area contributed by atoms with Gasteiger partial charge in [0.05, 0.1) is 5.56 Å². The van der Waals surface area contributed by atoms with Gasteiger partial charge in [-0.25, -0.2) is 0 Å². The number of aromatic nitrogens is 1. The normalized spacial score (nSPS) is 16.0. The quantitative estimate of drug-likeness (QED) is 0.713. The highest BCUT2D eigenvalue weighted by Crippen LogP contribution is 2.48. The summed E-state index contributed by atoms with van der Waals surface area (Å²) in [6, 6.07) is 5.55. The lowest BCUT2D eigenvalue weighted by Gasteiger charge is -2.15. The van der Waals surface area contributed by atoms with Crippen LogP contribution in [-0.2, 0) is 4.74 Å². The van der Waals surface area contributed by atoms with Crippen LogP contribution in [0, 0.1) is 5.41 Å². The van der Waals surface area contributed by atoms with Gasteiger partial charge in [-0.2, -0.15) is 0 Å². The van der Waals surface area contributed by atoms with E-state index in [4.69, 9.17) is 10.5 Å². The first kappa shape index (κ1) is 13.9. The highest BCUT2D eigenvalue weighted by Gasteiger charge is 2.42. The van der Waals surface area contributed by atoms with Gasteiger partial charge in [0.1, 0.15) is 0 Å². The van der Waals surface area contributed by atoms with Crippen LogP contribution in [0.25, 0.3) is 10.9 Å². The molecule has 5 nitrogen and oxygen atoms in total. The number of amides is 1. The van der Waals surface area contributed by atoms with Gasteiger partial charge in [0, 0.05) is 43.0 Å². The summed E-state index contributed by atoms with van der Waals surface area (Å²) in [6.07, 6.45) is 5.08. The van der Waals surface area contributed by atoms with E-state index in [0.29, 0.717) is 17.8 Å². The average molecular weight is 287 g/mol. The summed E-state index contributed by atoms with van der Waals surface area (Å²) < 4.78 is 5.14. The summed E-state index contributed by atoms with van der Waals surface area (Å²) in [5, 5.41) is 3.92. The summed E-state index contributed by atoms with van der Waals surface area (Å²) in [5.74, 6) is -0.0458. The fourth-order valence-corrected chi connectivity index (χ4v) is 2.70. The van der Waals surface area contributed by atoms with Crippen LogP contribution in [0.1, 0.15) is 29.6 Å². The SMILES string of the molecule is COCCC1(CNC(=O)c2c[nH]c3ccc(N)cc23)CC1. The first-order valence-corrected chi connectivity index (χ1v) is 7.27. The van der Waals surface area contributed by atoms with Crippen molar-refractivity contribution in [2.24, 2.45) is 5.41 Å². The highest BCUT2D eigenvalue weighted by atomic mass is 16.5. The molecular formula is C16H21N3O2. The van der Waals surface area contributed by atoms with Gasteiger partial charge in [0.15, 0.2) is 0 Å². The molecule has 1 fully saturated rings. The smallest absolute Gasteiger partial charge is 0.253 e. The van der Waals surface area contributed by atoms with Crippen molar-refractivity contribution in [3.05, 3.63) is 30.0 Å². The third-order valence-corrected chi connectivity index (χ3v) is 4.37. The Morgan fingerprint density at radius 3 is 3.00 bits per heavy atom. The van der Waals surface area contributed by atoms with Crippen LogP contribution < -0.4 is 11.1 Å². The molecule has 0 unspecified atom stereocenters. The molecule has 1 aromatic heterocycles. The van der Waals surface area contributed by atoms with Gasteiger partial charge >= 0.3 is 0 Å². The van der Waals surface area contributed by atoms with Gasteiger partial charge in [0.25, 0.3) is 5.91 Å². The number of ether oxygens (including phenoxy) is 1. The molecule has 1 heterocycles. The van der Waals surface area contributed by atoms with Gasteiger partial charge < -0.3 is 20.8 Å². The fourth-order valence-electron chi connectivity index (χ4n) is 2.70. The zero-order chi connectivity index (χ0) is 14.9. The molecule has 5 heteroatoms. The van der Waals surface area contributed by atoms with Crippen molar-refractivity contribution in [1.29, 1.82) is 0 Å². The van der Waals surface area contributed by atoms with Gasteiger partial charge in [-0.05, 0) is 42.9 Å². The Balaban J connectivity index is 1.69. The van der Waals surface area contributed by atoms with Crippen LogP contribution >= 0.6 is 0 Å². The molecule has 3 rings (SSSR count). The molecule has 0 spiro atoms. The van der Waals surface area contributed by atoms with E-state index in [-0.39, 0.29) is 11.3 Å². The lowest BCUT2D eigenvalue weighted by atomic mass is 10.0. The summed E-state index contributed by atoms with van der Waals surface area (Å²) in [5.41, 5.74) is 8.29. The number of fused-ring (bicyclic) bond motifs is 1. The van der Waals surface area contributed by atoms with Crippen LogP contribution in [0.3, 0.4) is 0 Å². The van der Waals surface area contributed by atoms with Crippen LogP contribution in [0.15, 0.2) is 24.4 Å². The number of aromatic amines is 1. The van der Waals surface area contributed by atoms with Crippen molar-refractivity contribution in [3.63, 3.8) is 0 Å². The summed E-state index contributed by atoms with van der Waals surface area (Å²) >= 11 is 0. The molecule has 0 radical (unpaired) electrons. The monoisotopic (exact) mass is 287 g/mol. The largest absolute Gasteiger partial charge is 0.399 e. The van der Waals surface area contributed by atoms with E-state index in [0.717, 1.165) is 36.8 Å². The molecule has 0 atom stereocenters. The van der Waals surface area contributed by atoms with Crippen LogP contribution in [0.2, 0.25) is 0 Å². The van der Waals surface area contributed by atoms with Crippen molar-refractivity contribution >= 4 is 22.5 Å². The predicted octanol–water partition coefficient (Wildman–Crippen LogP) is 2.30. The minimum Gasteiger partial charge on any atom is -0.399 e. The summed E-state index contributed by atoms with van der Waals surface area (Å²) in [7, 11) is 1.71. The van der Waals surface area contributed by atoms with Crippen molar-refractivity contribution in [1.82, 2.24) is 10.3 Å². The van der Waals surface area contributed by atoms with E-state index in [1.807, 2.05) is 18.2 Å². The molecule has 0 saturated heterocycles. The lowest BCUT2D eigenvalue weighted by molar-refractivity contribution is 0.0939. The second-order valence-corrected chi connectivity index (χ2v) is 5.93. The predicted molar refractivity (Wildman–Crippen MR) is 83.2 cm³/mol. The van der Waals surface area contributed by atoms with E-state index in [9.17, 15) is 4.79 Å². The topological polar surface area (TPSA) is 80.1 Å². The van der Waals surface area contributed by atoms with E-state index in [1.54, 1.807) is 13.3 Å². The maximum atomic E-state index is 12.4. The minimum absolute atomic E-state index is 0.0458. The summed E-state index contributed by atoms with van der Waals surface area (Å²) in [4.78, 5) is 15.5. The number of nitrogen functional groups attached to an aromatic ring is 1. The van der Waals surface area contributed by atoms with Gasteiger partial charge in [-0.1, -0.05) is 0 Å². The number of H-pyrrole nitrogens is 1. The number of rotatable bonds is 6. The number of methoxy groups -OCH3 is 1. The second-order valence-electron chi connectivity index (χ2n) is 5.93. The van der Waals surface area contributed by atoms with Crippen LogP contribution in [0.4, 0.5) is 5.69 Å². The van der Waals surface area contributed by atoms with E-state index in [1.165, 1.54) is 0 Å². The Morgan fingerprint density at radius 2 is 2.29 bits per heavy atom. The Bertz CT molecular complexity index is 659. The number of nitrogens with one attached hydrogen (secondary N) is 2. The van der Waals surface area contributed by atoms with Gasteiger partial charge in [0.2, 0.25) is 0 Å². The Morgan fingerprint density at radius 1 is 1.48 bits per heavy atom. The van der Waals surface area contributed by atoms with Gasteiger partial charge in [-0.15, -0.1) is 0 Å². The highest BCUT2D eigenvalue weighted by molar-refractivity contribution is 6.07. The number of carbonyl (C=O) groups is 1. The molecule has 1 aromatic carbocycles. The molecule has 0 aliphatic heterocycles. The first-order chi connectivity index (χ1) is 10.1. The molecule has 1 aliphatic carbocycles. The lowest BCUT2D eigenvalue weighted by Crippen LogP contribution is -2.30. The number of carbonyl (C=O) groups excluding carboxylic acids is 1. The van der Waals surface area contributed by atoms with Crippen LogP contribution in [-0.4, -0.2) is 31.2 Å². The minimum atomic E-state index is -0.0458. The molecule has 2 aromatic rings. The van der Waals surface area contributed by atoms with E-state index < -0.39 is 0 Å². The molecule has 21 heavy (non-hydrogen) atoms. The fraction of sp³-hybridized carbons (Fsp3) is 0.438. The number of hydrogen-bond acceptors (Lipinski definition) is 3. The number of nitrogens with two attached hydrogens (primary N) is 1. The Hall–Kier alpha value is -2.01. The average Bonchev–Trinajstić information content (AvgIpc) is 3.14. The van der Waals surface area contributed by atoms with E-state index >= 15 is 0 Å². The molecule has 1 aliphatic rings. The zero-order valence-corrected chi connectivity index (χ0v) is 12.2. The number of hydrogen-bond donors (Lipinski definition) is 3. The number of anilines is 1. The second kappa shape index (κ2) is 5.41. The maximum Gasteiger partial charge on any atom is 0.253 e. The van der Waals surface area contributed by atoms with Crippen molar-refractivity contribution in [2.45, 2.75) is 19.3 Å². The van der Waals surface area contributed by atoms with Crippen LogP contribution in [0.5, 0.6) is 0 Å². The third kappa shape index (κ3) is 2.88. The summed E-state index contributed by atoms with van der Waals surface area (Å²) in [6.45, 7) is 1.46. The molecule has 1 amide bonds.